The highest BCUT2D eigenvalue weighted by Crippen LogP contribution is 2.29. The van der Waals surface area contributed by atoms with Crippen molar-refractivity contribution < 1.29 is 14.0 Å². The van der Waals surface area contributed by atoms with Gasteiger partial charge in [-0.3, -0.25) is 14.3 Å². The SMILES string of the molecule is [2H][13C]([2H])([2H])c1cn([C@@H]2C[C@@H](N=[N+]=[N-])[C@H](CO)O2)c(=O)[nH]c1=O. The largest absolute Gasteiger partial charge is 0.394 e. The zero-order valence-corrected chi connectivity index (χ0v) is 9.68. The number of H-pyrrole nitrogens is 1. The zero-order valence-electron chi connectivity index (χ0n) is 12.7. The average molecular weight is 271 g/mol. The van der Waals surface area contributed by atoms with Crippen LogP contribution in [0.5, 0.6) is 0 Å². The fraction of sp³-hybridized carbons (Fsp3) is 0.600. The van der Waals surface area contributed by atoms with E-state index in [-0.39, 0.29) is 6.42 Å². The van der Waals surface area contributed by atoms with Crippen molar-refractivity contribution in [1.82, 2.24) is 9.55 Å². The first kappa shape index (κ1) is 9.79. The van der Waals surface area contributed by atoms with Crippen LogP contribution in [0, 0.1) is 6.85 Å². The van der Waals surface area contributed by atoms with Crippen LogP contribution in [-0.4, -0.2) is 33.4 Å². The Morgan fingerprint density at radius 1 is 1.79 bits per heavy atom. The highest BCUT2D eigenvalue weighted by molar-refractivity contribution is 5.02. The third-order valence-corrected chi connectivity index (χ3v) is 2.86. The predicted octanol–water partition coefficient (Wildman–Crippen LogP) is -0.196. The molecule has 0 radical (unpaired) electrons. The highest BCUT2D eigenvalue weighted by Gasteiger charge is 2.35. The fourth-order valence-electron chi connectivity index (χ4n) is 1.94. The minimum Gasteiger partial charge on any atom is -0.394 e. The van der Waals surface area contributed by atoms with E-state index in [4.69, 9.17) is 14.4 Å². The van der Waals surface area contributed by atoms with Crippen LogP contribution in [0.2, 0.25) is 0 Å². The molecule has 1 aliphatic rings. The molecule has 0 saturated carbocycles. The molecule has 0 aliphatic carbocycles. The topological polar surface area (TPSA) is 133 Å². The lowest BCUT2D eigenvalue weighted by atomic mass is 10.1. The molecule has 0 amide bonds. The van der Waals surface area contributed by atoms with E-state index in [0.29, 0.717) is 0 Å². The number of rotatable bonds is 3. The van der Waals surface area contributed by atoms with Crippen molar-refractivity contribution in [3.05, 3.63) is 43.0 Å². The summed E-state index contributed by atoms with van der Waals surface area (Å²) >= 11 is 0. The Bertz CT molecular complexity index is 720. The Kier molecular flexibility index (Phi) is 2.71. The van der Waals surface area contributed by atoms with Gasteiger partial charge in [0.2, 0.25) is 0 Å². The van der Waals surface area contributed by atoms with Crippen molar-refractivity contribution in [2.24, 2.45) is 5.11 Å². The molecule has 102 valence electrons. The summed E-state index contributed by atoms with van der Waals surface area (Å²) < 4.78 is 28.2. The monoisotopic (exact) mass is 271 g/mol. The molecule has 0 bridgehead atoms. The molecule has 2 heterocycles. The molecule has 3 atom stereocenters. The first-order chi connectivity index (χ1) is 10.3. The van der Waals surface area contributed by atoms with Crippen LogP contribution in [0.4, 0.5) is 0 Å². The molecule has 9 nitrogen and oxygen atoms in total. The standard InChI is InChI=1S/C10H13N5O4/c1-5-3-15(10(18)12-9(5)17)8-2-6(13-14-11)7(4-16)19-8/h3,6-8,16H,2,4H2,1H3,(H,12,17,18)/t6-,7+,8+/m1/s1/i1+1D3. The Hall–Kier alpha value is -2.09. The van der Waals surface area contributed by atoms with E-state index in [1.54, 1.807) is 0 Å². The van der Waals surface area contributed by atoms with E-state index in [1.807, 2.05) is 4.98 Å². The van der Waals surface area contributed by atoms with Crippen LogP contribution in [0.3, 0.4) is 0 Å². The van der Waals surface area contributed by atoms with E-state index in [2.05, 4.69) is 10.0 Å². The van der Waals surface area contributed by atoms with Crippen molar-refractivity contribution in [3.8, 4) is 0 Å². The van der Waals surface area contributed by atoms with Gasteiger partial charge in [0.05, 0.1) is 18.8 Å². The van der Waals surface area contributed by atoms with Gasteiger partial charge in [-0.05, 0) is 12.4 Å². The second-order valence-corrected chi connectivity index (χ2v) is 4.03. The molecule has 1 aliphatic heterocycles. The van der Waals surface area contributed by atoms with Crippen molar-refractivity contribution in [2.45, 2.75) is 31.6 Å². The van der Waals surface area contributed by atoms with Gasteiger partial charge in [0.15, 0.2) is 0 Å². The van der Waals surface area contributed by atoms with Gasteiger partial charge in [-0.2, -0.15) is 0 Å². The molecule has 1 aromatic heterocycles. The molecule has 0 unspecified atom stereocenters. The summed E-state index contributed by atoms with van der Waals surface area (Å²) in [5, 5.41) is 12.6. The van der Waals surface area contributed by atoms with Crippen LogP contribution >= 0.6 is 0 Å². The number of ether oxygens (including phenoxy) is 1. The molecule has 0 spiro atoms. The fourth-order valence-corrected chi connectivity index (χ4v) is 1.94. The normalized spacial score (nSPS) is 29.1. The second-order valence-electron chi connectivity index (χ2n) is 4.03. The smallest absolute Gasteiger partial charge is 0.330 e. The van der Waals surface area contributed by atoms with Gasteiger partial charge in [-0.15, -0.1) is 0 Å². The van der Waals surface area contributed by atoms with Gasteiger partial charge in [-0.25, -0.2) is 4.79 Å². The van der Waals surface area contributed by atoms with Crippen LogP contribution in [0.1, 0.15) is 22.3 Å². The Balaban J connectivity index is 2.44. The van der Waals surface area contributed by atoms with Crippen molar-refractivity contribution in [2.75, 3.05) is 6.61 Å². The number of aromatic amines is 1. The molecule has 1 aromatic rings. The van der Waals surface area contributed by atoms with Crippen molar-refractivity contribution in [1.29, 1.82) is 0 Å². The van der Waals surface area contributed by atoms with Crippen LogP contribution in [0.25, 0.3) is 10.4 Å². The number of hydrogen-bond acceptors (Lipinski definition) is 5. The number of nitrogens with zero attached hydrogens (tertiary/aromatic N) is 4. The lowest BCUT2D eigenvalue weighted by molar-refractivity contribution is -0.0271. The molecular weight excluding hydrogens is 255 g/mol. The van der Waals surface area contributed by atoms with Gasteiger partial charge in [0.25, 0.3) is 5.56 Å². The Morgan fingerprint density at radius 2 is 2.58 bits per heavy atom. The van der Waals surface area contributed by atoms with Crippen LogP contribution < -0.4 is 11.2 Å². The van der Waals surface area contributed by atoms with Crippen LogP contribution in [-0.2, 0) is 4.74 Å². The third-order valence-electron chi connectivity index (χ3n) is 2.86. The van der Waals surface area contributed by atoms with Crippen LogP contribution in [0.15, 0.2) is 20.9 Å². The lowest BCUT2D eigenvalue weighted by Gasteiger charge is -2.14. The summed E-state index contributed by atoms with van der Waals surface area (Å²) in [4.78, 5) is 28.0. The molecule has 0 aromatic carbocycles. The zero-order chi connectivity index (χ0) is 16.5. The maximum atomic E-state index is 11.8. The van der Waals surface area contributed by atoms with E-state index < -0.39 is 48.6 Å². The first-order valence-corrected chi connectivity index (χ1v) is 5.44. The number of aromatic nitrogens is 2. The molecular formula is C10H13N5O4. The highest BCUT2D eigenvalue weighted by atomic mass is 16.5. The summed E-state index contributed by atoms with van der Waals surface area (Å²) in [7, 11) is 0. The molecule has 1 fully saturated rings. The van der Waals surface area contributed by atoms with Gasteiger partial charge >= 0.3 is 5.69 Å². The molecule has 2 rings (SSSR count). The molecule has 1 saturated heterocycles. The number of hydrogen-bond donors (Lipinski definition) is 2. The van der Waals surface area contributed by atoms with Gasteiger partial charge in [-0.1, -0.05) is 5.11 Å². The number of aryl methyl sites for hydroxylation is 1. The minimum absolute atomic E-state index is 0.0711. The molecule has 9 heteroatoms. The van der Waals surface area contributed by atoms with E-state index in [1.165, 1.54) is 0 Å². The minimum atomic E-state index is -2.69. The number of aliphatic hydroxyl groups excluding tert-OH is 1. The Labute approximate surface area is 111 Å². The maximum Gasteiger partial charge on any atom is 0.330 e. The van der Waals surface area contributed by atoms with E-state index in [0.717, 1.165) is 10.8 Å². The van der Waals surface area contributed by atoms with E-state index >= 15 is 0 Å². The quantitative estimate of drug-likeness (QED) is 0.341. The summed E-state index contributed by atoms with van der Waals surface area (Å²) in [6.45, 7) is -3.12. The summed E-state index contributed by atoms with van der Waals surface area (Å²) in [5.41, 5.74) is 6.08. The van der Waals surface area contributed by atoms with E-state index in [9.17, 15) is 14.7 Å². The van der Waals surface area contributed by atoms with Crippen molar-refractivity contribution in [3.63, 3.8) is 0 Å². The average Bonchev–Trinajstić information content (AvgIpc) is 2.80. The van der Waals surface area contributed by atoms with Gasteiger partial charge in [0, 0.05) is 27.2 Å². The first-order valence-electron chi connectivity index (χ1n) is 6.94. The molecule has 19 heavy (non-hydrogen) atoms. The number of nitrogens with one attached hydrogen (secondary N) is 1. The molecule has 2 N–H and O–H groups in total. The van der Waals surface area contributed by atoms with Gasteiger partial charge in [0.1, 0.15) is 6.23 Å². The number of azide groups is 1. The summed E-state index contributed by atoms with van der Waals surface area (Å²) in [5.74, 6) is 0. The third kappa shape index (κ3) is 2.53. The number of aliphatic hydroxyl groups is 1. The maximum absolute atomic E-state index is 11.8. The lowest BCUT2D eigenvalue weighted by Crippen LogP contribution is -2.33. The summed E-state index contributed by atoms with van der Waals surface area (Å²) in [6, 6.07) is -0.699. The predicted molar refractivity (Wildman–Crippen MR) is 64.6 cm³/mol. The summed E-state index contributed by atoms with van der Waals surface area (Å²) in [6.07, 6.45) is -0.776. The van der Waals surface area contributed by atoms with Crippen molar-refractivity contribution >= 4 is 0 Å². The second kappa shape index (κ2) is 5.27. The Morgan fingerprint density at radius 3 is 3.21 bits per heavy atom. The van der Waals surface area contributed by atoms with Gasteiger partial charge < -0.3 is 9.84 Å².